The molecule has 9 atom stereocenters. The van der Waals surface area contributed by atoms with E-state index in [0.717, 1.165) is 71.5 Å². The summed E-state index contributed by atoms with van der Waals surface area (Å²) in [6.07, 6.45) is -11.5. The van der Waals surface area contributed by atoms with E-state index in [1.165, 1.54) is 21.0 Å². The van der Waals surface area contributed by atoms with Crippen LogP contribution in [0.1, 0.15) is 157 Å². The molecule has 0 amide bonds. The monoisotopic (exact) mass is 2050 g/mol. The van der Waals surface area contributed by atoms with E-state index in [1.807, 2.05) is 48.5 Å². The quantitative estimate of drug-likeness (QED) is 0.0218. The lowest BCUT2D eigenvalue weighted by molar-refractivity contribution is -0.280. The van der Waals surface area contributed by atoms with Crippen molar-refractivity contribution < 1.29 is 198 Å². The van der Waals surface area contributed by atoms with E-state index in [2.05, 4.69) is 0 Å². The van der Waals surface area contributed by atoms with Crippen molar-refractivity contribution in [2.75, 3.05) is 40.9 Å². The zero-order valence-electron chi connectivity index (χ0n) is 80.9. The van der Waals surface area contributed by atoms with Crippen LogP contribution >= 0.6 is 0 Å². The molecular formula is C108H96O41. The predicted octanol–water partition coefficient (Wildman–Crippen LogP) is 11.0. The van der Waals surface area contributed by atoms with Crippen molar-refractivity contribution in [3.8, 4) is 108 Å². The van der Waals surface area contributed by atoms with Crippen LogP contribution < -0.4 is 52.1 Å². The first-order chi connectivity index (χ1) is 71.9. The van der Waals surface area contributed by atoms with Crippen LogP contribution in [0.25, 0.3) is 87.6 Å². The third-order valence-electron chi connectivity index (χ3n) is 26.4. The Morgan fingerprint density at radius 1 is 0.295 bits per heavy atom. The summed E-state index contributed by atoms with van der Waals surface area (Å²) in [6, 6.07) is 37.1. The molecule has 0 spiro atoms. The molecule has 12 aromatic carbocycles. The van der Waals surface area contributed by atoms with Crippen molar-refractivity contribution in [3.05, 3.63) is 216 Å². The summed E-state index contributed by atoms with van der Waals surface area (Å²) in [5.41, 5.74) is 12.6. The first kappa shape index (κ1) is 101. The Kier molecular flexibility index (Phi) is 28.8. The Bertz CT molecular complexity index is 7530. The lowest BCUT2D eigenvalue weighted by Gasteiger charge is -2.43. The Hall–Kier alpha value is -16.2. The molecule has 22 rings (SSSR count). The highest BCUT2D eigenvalue weighted by molar-refractivity contribution is 6.17. The molecule has 10 heterocycles. The van der Waals surface area contributed by atoms with Crippen molar-refractivity contribution in [3.63, 3.8) is 0 Å². The van der Waals surface area contributed by atoms with Gasteiger partial charge in [0.25, 0.3) is 0 Å². The summed E-state index contributed by atoms with van der Waals surface area (Å²) in [5, 5.41) is 84.5. The molecule has 2 unspecified atom stereocenters. The number of carbonyl (C=O) groups is 10. The van der Waals surface area contributed by atoms with Crippen LogP contribution in [0.3, 0.4) is 0 Å². The molecule has 12 aromatic rings. The molecule has 8 N–H and O–H groups in total. The summed E-state index contributed by atoms with van der Waals surface area (Å²) >= 11 is 0. The van der Waals surface area contributed by atoms with Crippen LogP contribution in [0.2, 0.25) is 0 Å². The second kappa shape index (κ2) is 42.3. The highest BCUT2D eigenvalue weighted by Crippen LogP contribution is 2.54. The molecule has 0 saturated carbocycles. The van der Waals surface area contributed by atoms with E-state index in [4.69, 9.17) is 109 Å². The van der Waals surface area contributed by atoms with Gasteiger partial charge in [-0.2, -0.15) is 0 Å². The molecule has 41 heteroatoms. The topological polar surface area (TPSA) is 545 Å². The minimum Gasteiger partial charge on any atom is -0.496 e. The zero-order valence-corrected chi connectivity index (χ0v) is 80.9. The number of rotatable bonds is 23. The fourth-order valence-electron chi connectivity index (χ4n) is 20.0. The Morgan fingerprint density at radius 3 is 0.960 bits per heavy atom. The van der Waals surface area contributed by atoms with Crippen molar-refractivity contribution >= 4 is 103 Å². The van der Waals surface area contributed by atoms with Crippen LogP contribution in [0.15, 0.2) is 127 Å². The van der Waals surface area contributed by atoms with Gasteiger partial charge in [0.05, 0.1) is 94.9 Å². The number of fused-ring (bicyclic) bond motifs is 12. The number of cyclic esters (lactones) is 4. The SMILES string of the molecule is CC(=O)O[C@H]1[C@H](OC(C)=O)COC(Oc2c3c(c(-c4ccc5c(c4)OCO5)c4cc(CO)c(CO)cc24)C(=O)OC3)[C@@H]1OC(C)=O.CC(=O)O[C@H]1[C@H](OC(C)=O)[C@@H](OC(C)=O)C(Oc2c3c(c(-c4ccc5c(c4)OCO5)c4cc(CO)c(CO)cc24)C(=O)OC3)O[C@@H]1C.COc1c2c(c(-c3ccc4c(c3)OCO4)c3cc(CO)c(CO)cc13)C(=O)OC2.O=C1OCc2cc3cc(CO)c(CO)cc3c(-c3ccc4c(c3)OCO4)c21. The van der Waals surface area contributed by atoms with Gasteiger partial charge in [0.1, 0.15) is 43.7 Å². The number of benzene rings is 12. The maximum atomic E-state index is 13.4. The van der Waals surface area contributed by atoms with Crippen molar-refractivity contribution in [1.29, 1.82) is 0 Å². The van der Waals surface area contributed by atoms with Crippen LogP contribution in [-0.2, 0) is 165 Å². The average molecular weight is 2050 g/mol. The number of hydrogen-bond donors (Lipinski definition) is 8. The lowest BCUT2D eigenvalue weighted by atomic mass is 9.87. The molecule has 0 aliphatic carbocycles. The molecule has 10 aliphatic heterocycles. The minimum atomic E-state index is -1.44. The lowest BCUT2D eigenvalue weighted by Crippen LogP contribution is -2.62. The number of hydrogen-bond acceptors (Lipinski definition) is 41. The van der Waals surface area contributed by atoms with E-state index in [1.54, 1.807) is 85.8 Å². The number of aliphatic hydroxyl groups is 8. The van der Waals surface area contributed by atoms with Crippen LogP contribution in [0, 0.1) is 0 Å². The Labute approximate surface area is 844 Å². The highest BCUT2D eigenvalue weighted by atomic mass is 16.8. The number of carbonyl (C=O) groups excluding carboxylic acids is 10. The average Bonchev–Trinajstić information content (AvgIpc) is 1.68. The van der Waals surface area contributed by atoms with Gasteiger partial charge in [-0.1, -0.05) is 24.3 Å². The minimum absolute atomic E-state index is 0.0386. The van der Waals surface area contributed by atoms with E-state index >= 15 is 0 Å². The van der Waals surface area contributed by atoms with Gasteiger partial charge in [0, 0.05) is 102 Å². The van der Waals surface area contributed by atoms with E-state index < -0.39 is 135 Å². The molecule has 10 aliphatic rings. The van der Waals surface area contributed by atoms with Gasteiger partial charge < -0.3 is 150 Å². The van der Waals surface area contributed by atoms with Gasteiger partial charge in [0.15, 0.2) is 70.4 Å². The standard InChI is InChI=1S/C33H32O14.C32H30O14.C22H18O7.C21H16O6/c1-14-28(44-15(2)36)30(45-16(3)37)31(46-17(4)38)33(43-14)47-29-22-8-20(11-35)19(10-34)7-21(22)26(27-23(29)12-40-32(27)39)18-5-6-24-25(9-18)42-13-41-24;1-14(35)43-25-12-40-32(30(45-16(3)37)29(25)44-15(2)36)46-28-21-7-19(10-34)18(9-33)6-20(21)26(27-22(28)11-39-31(27)38)17-4-5-23-24(8-17)42-13-41-23;1-26-21-15-5-13(8-24)12(7-23)4-14(15)19(20-16(21)9-27-22(20)25)11-2-3-17-18(6-11)29-10-28-17;22-7-13-3-12-4-15-9-25-21(24)20(15)19(16(12)5-14(13)8-23)11-1-2-17-18(6-11)27-10-26-17/h5-9,14,28,30-31,33-35H,10-13H2,1-4H3;4-8,25,29-30,32-34H,9-13H2,1-3H3;2-6,23-24H,7-10H2,1H3;1-6,22-23H,7-10H2/t14-,28-,30+,31-,33?;25-,29+,30-,32?;;/m11../s1. The number of ether oxygens (including phenoxy) is 23. The van der Waals surface area contributed by atoms with Crippen LogP contribution in [0.4, 0.5) is 0 Å². The van der Waals surface area contributed by atoms with Gasteiger partial charge in [-0.3, -0.25) is 28.8 Å². The molecule has 0 bridgehead atoms. The molecule has 0 radical (unpaired) electrons. The largest absolute Gasteiger partial charge is 0.496 e. The smallest absolute Gasteiger partial charge is 0.339 e. The van der Waals surface area contributed by atoms with Gasteiger partial charge in [-0.25, -0.2) is 19.2 Å². The third-order valence-corrected chi connectivity index (χ3v) is 26.4. The van der Waals surface area contributed by atoms with Crippen molar-refractivity contribution in [2.45, 2.75) is 183 Å². The van der Waals surface area contributed by atoms with Gasteiger partial charge in [-0.15, -0.1) is 0 Å². The van der Waals surface area contributed by atoms with Gasteiger partial charge in [0.2, 0.25) is 52.0 Å². The van der Waals surface area contributed by atoms with E-state index in [-0.39, 0.29) is 115 Å². The number of aliphatic hydroxyl groups excluding tert-OH is 8. The first-order valence-corrected chi connectivity index (χ1v) is 46.8. The van der Waals surface area contributed by atoms with Gasteiger partial charge >= 0.3 is 59.7 Å². The molecule has 774 valence electrons. The Balaban J connectivity index is 0.000000128. The summed E-state index contributed by atoms with van der Waals surface area (Å²) in [5.74, 6) is -1.14. The maximum absolute atomic E-state index is 13.4. The van der Waals surface area contributed by atoms with Crippen LogP contribution in [0.5, 0.6) is 63.2 Å². The Morgan fingerprint density at radius 2 is 0.591 bits per heavy atom. The number of methoxy groups -OCH3 is 1. The third kappa shape index (κ3) is 19.3. The first-order valence-electron chi connectivity index (χ1n) is 46.8. The molecule has 2 fully saturated rings. The zero-order chi connectivity index (χ0) is 105. The fraction of sp³-hybridized carbons (Fsp3) is 0.315. The van der Waals surface area contributed by atoms with Crippen LogP contribution in [-0.4, -0.2) is 197 Å². The second-order valence-electron chi connectivity index (χ2n) is 35.5. The molecule has 2 saturated heterocycles. The maximum Gasteiger partial charge on any atom is 0.339 e. The van der Waals surface area contributed by atoms with E-state index in [0.29, 0.717) is 173 Å². The van der Waals surface area contributed by atoms with E-state index in [9.17, 15) is 88.8 Å². The summed E-state index contributed by atoms with van der Waals surface area (Å²) < 4.78 is 129. The normalized spacial score (nSPS) is 19.2. The molecule has 149 heavy (non-hydrogen) atoms. The number of esters is 10. The fourth-order valence-corrected chi connectivity index (χ4v) is 20.0. The predicted molar refractivity (Wildman–Crippen MR) is 511 cm³/mol. The van der Waals surface area contributed by atoms with Gasteiger partial charge in [-0.05, 0) is 204 Å². The molecule has 0 aromatic heterocycles. The highest BCUT2D eigenvalue weighted by Gasteiger charge is 2.54. The molecular weight excluding hydrogens is 1950 g/mol. The summed E-state index contributed by atoms with van der Waals surface area (Å²) in [7, 11) is 1.54. The molecule has 41 nitrogen and oxygen atoms in total. The summed E-state index contributed by atoms with van der Waals surface area (Å²) in [6.45, 7) is 6.04. The van der Waals surface area contributed by atoms with Crippen molar-refractivity contribution in [1.82, 2.24) is 0 Å². The van der Waals surface area contributed by atoms with Crippen molar-refractivity contribution in [2.24, 2.45) is 0 Å². The summed E-state index contributed by atoms with van der Waals surface area (Å²) in [4.78, 5) is 124. The second-order valence-corrected chi connectivity index (χ2v) is 35.5.